The van der Waals surface area contributed by atoms with Gasteiger partial charge in [0.2, 0.25) is 0 Å². The molecule has 0 radical (unpaired) electrons. The Morgan fingerprint density at radius 1 is 1.38 bits per heavy atom. The van der Waals surface area contributed by atoms with Crippen molar-refractivity contribution in [2.24, 2.45) is 5.41 Å². The first kappa shape index (κ1) is 18.4. The number of ketones is 1. The molecule has 0 aromatic rings. The van der Waals surface area contributed by atoms with Gasteiger partial charge in [-0.15, -0.1) is 0 Å². The first-order valence-electron chi connectivity index (χ1n) is 7.72. The van der Waals surface area contributed by atoms with Crippen molar-refractivity contribution < 1.29 is 33.3 Å². The number of ether oxygens (including phenoxy) is 4. The summed E-state index contributed by atoms with van der Waals surface area (Å²) < 4.78 is 21.4. The Bertz CT molecular complexity index is 594. The van der Waals surface area contributed by atoms with Crippen molar-refractivity contribution in [1.82, 2.24) is 0 Å². The second-order valence-corrected chi connectivity index (χ2v) is 6.64. The summed E-state index contributed by atoms with van der Waals surface area (Å²) >= 11 is 0. The van der Waals surface area contributed by atoms with Gasteiger partial charge in [0.1, 0.15) is 23.9 Å². The molecule has 0 amide bonds. The maximum atomic E-state index is 12.3. The van der Waals surface area contributed by atoms with E-state index in [0.29, 0.717) is 0 Å². The van der Waals surface area contributed by atoms with E-state index in [0.717, 1.165) is 0 Å². The van der Waals surface area contributed by atoms with E-state index in [4.69, 9.17) is 24.2 Å². The first-order valence-corrected chi connectivity index (χ1v) is 7.72. The molecule has 2 saturated heterocycles. The molecule has 2 heterocycles. The zero-order valence-corrected chi connectivity index (χ0v) is 14.2. The summed E-state index contributed by atoms with van der Waals surface area (Å²) in [5, 5.41) is 8.68. The number of hydrogen-bond acceptors (Lipinski definition) is 8. The molecule has 0 saturated carbocycles. The van der Waals surface area contributed by atoms with Crippen LogP contribution in [0.25, 0.3) is 0 Å². The smallest absolute Gasteiger partial charge is 0.338 e. The second-order valence-electron chi connectivity index (χ2n) is 6.64. The summed E-state index contributed by atoms with van der Waals surface area (Å²) in [6, 6.07) is 1.91. The molecule has 0 bridgehead atoms. The predicted octanol–water partition coefficient (Wildman–Crippen LogP) is 0.874. The third-order valence-corrected chi connectivity index (χ3v) is 4.34. The lowest BCUT2D eigenvalue weighted by molar-refractivity contribution is -0.192. The van der Waals surface area contributed by atoms with Crippen molar-refractivity contribution in [3.05, 3.63) is 0 Å². The van der Waals surface area contributed by atoms with Crippen LogP contribution in [-0.2, 0) is 33.3 Å². The van der Waals surface area contributed by atoms with Gasteiger partial charge in [-0.05, 0) is 34.1 Å². The molecule has 8 heteroatoms. The molecule has 24 heavy (non-hydrogen) atoms. The van der Waals surface area contributed by atoms with E-state index in [2.05, 4.69) is 0 Å². The summed E-state index contributed by atoms with van der Waals surface area (Å²) in [4.78, 5) is 35.9. The van der Waals surface area contributed by atoms with Crippen LogP contribution >= 0.6 is 0 Å². The molecule has 2 aliphatic heterocycles. The minimum Gasteiger partial charge on any atom is -0.461 e. The van der Waals surface area contributed by atoms with Gasteiger partial charge in [0.05, 0.1) is 6.07 Å². The van der Waals surface area contributed by atoms with Crippen molar-refractivity contribution in [3.63, 3.8) is 0 Å². The van der Waals surface area contributed by atoms with Gasteiger partial charge in [0.15, 0.2) is 18.0 Å². The van der Waals surface area contributed by atoms with Gasteiger partial charge in [-0.3, -0.25) is 9.59 Å². The van der Waals surface area contributed by atoms with Gasteiger partial charge in [-0.25, -0.2) is 4.79 Å². The van der Waals surface area contributed by atoms with Crippen LogP contribution in [0.5, 0.6) is 0 Å². The lowest BCUT2D eigenvalue weighted by Gasteiger charge is -2.25. The number of esters is 2. The first-order chi connectivity index (χ1) is 11.1. The number of nitriles is 1. The minimum absolute atomic E-state index is 0.0550. The van der Waals surface area contributed by atoms with Gasteiger partial charge in [0, 0.05) is 6.42 Å². The van der Waals surface area contributed by atoms with Crippen LogP contribution in [-0.4, -0.2) is 48.4 Å². The minimum atomic E-state index is -1.40. The summed E-state index contributed by atoms with van der Waals surface area (Å²) in [5.74, 6) is -2.61. The molecule has 0 spiro atoms. The number of nitrogens with zero attached hydrogens (tertiary/aromatic N) is 1. The van der Waals surface area contributed by atoms with Crippen LogP contribution < -0.4 is 0 Å². The Kier molecular flexibility index (Phi) is 4.97. The Labute approximate surface area is 140 Å². The molecule has 0 aromatic heterocycles. The number of Topliss-reactive ketones (excluding diaryl/α,β-unsaturated/α-hetero) is 1. The van der Waals surface area contributed by atoms with Gasteiger partial charge >= 0.3 is 11.9 Å². The molecular formula is C16H21NO7. The van der Waals surface area contributed by atoms with Crippen LogP contribution in [0.4, 0.5) is 0 Å². The van der Waals surface area contributed by atoms with E-state index in [1.807, 2.05) is 6.07 Å². The third kappa shape index (κ3) is 3.42. The van der Waals surface area contributed by atoms with Crippen molar-refractivity contribution >= 4 is 17.7 Å². The fraction of sp³-hybridized carbons (Fsp3) is 0.750. The third-order valence-electron chi connectivity index (χ3n) is 4.34. The fourth-order valence-electron chi connectivity index (χ4n) is 2.70. The van der Waals surface area contributed by atoms with E-state index in [9.17, 15) is 14.4 Å². The lowest BCUT2D eigenvalue weighted by atomic mass is 9.82. The van der Waals surface area contributed by atoms with E-state index in [1.165, 1.54) is 13.8 Å². The Morgan fingerprint density at radius 3 is 2.62 bits per heavy atom. The summed E-state index contributed by atoms with van der Waals surface area (Å²) in [5.41, 5.74) is -1.40. The number of fused-ring (bicyclic) bond motifs is 1. The summed E-state index contributed by atoms with van der Waals surface area (Å²) in [6.07, 6.45) is -2.18. The average Bonchev–Trinajstić information content (AvgIpc) is 2.96. The van der Waals surface area contributed by atoms with Gasteiger partial charge in [-0.1, -0.05) is 0 Å². The zero-order chi connectivity index (χ0) is 18.1. The van der Waals surface area contributed by atoms with Crippen LogP contribution in [0.15, 0.2) is 0 Å². The van der Waals surface area contributed by atoms with E-state index < -0.39 is 41.5 Å². The zero-order valence-electron chi connectivity index (χ0n) is 14.2. The van der Waals surface area contributed by atoms with Crippen LogP contribution in [0.1, 0.15) is 40.5 Å². The van der Waals surface area contributed by atoms with Crippen molar-refractivity contribution in [2.45, 2.75) is 64.6 Å². The second kappa shape index (κ2) is 6.49. The number of cyclic esters (lactones) is 1. The average molecular weight is 339 g/mol. The van der Waals surface area contributed by atoms with Crippen LogP contribution in [0, 0.1) is 16.7 Å². The standard InChI is InChI=1S/C16H21NO7/c1-9(18)16(4,6-5-7-17)14(20)21-8-10-11-12(13(19)22-10)24-15(2,3)23-11/h10-12H,5-6,8H2,1-4H3/t10-,11-,12-,16-/m1/s1. The topological polar surface area (TPSA) is 112 Å². The SMILES string of the molecule is CC(=O)[C@@](C)(CCC#N)C(=O)OC[C@H]1OC(=O)[C@@H]2OC(C)(C)O[C@H]12. The highest BCUT2D eigenvalue weighted by Gasteiger charge is 2.56. The van der Waals surface area contributed by atoms with E-state index >= 15 is 0 Å². The van der Waals surface area contributed by atoms with Crippen LogP contribution in [0.3, 0.4) is 0 Å². The molecular weight excluding hydrogens is 318 g/mol. The maximum absolute atomic E-state index is 12.3. The lowest BCUT2D eigenvalue weighted by Crippen LogP contribution is -2.40. The Hall–Kier alpha value is -1.98. The molecule has 2 rings (SSSR count). The molecule has 0 aromatic carbocycles. The molecule has 0 unspecified atom stereocenters. The van der Waals surface area contributed by atoms with Gasteiger partial charge in [0.25, 0.3) is 0 Å². The summed E-state index contributed by atoms with van der Waals surface area (Å²) in [7, 11) is 0. The molecule has 8 nitrogen and oxygen atoms in total. The fourth-order valence-corrected chi connectivity index (χ4v) is 2.70. The normalized spacial score (nSPS) is 30.0. The Morgan fingerprint density at radius 2 is 2.04 bits per heavy atom. The summed E-state index contributed by atoms with van der Waals surface area (Å²) in [6.45, 7) is 5.84. The molecule has 2 fully saturated rings. The highest BCUT2D eigenvalue weighted by molar-refractivity contribution is 6.02. The molecule has 2 aliphatic rings. The van der Waals surface area contributed by atoms with Crippen LogP contribution in [0.2, 0.25) is 0 Å². The van der Waals surface area contributed by atoms with Gasteiger partial charge in [-0.2, -0.15) is 5.26 Å². The molecule has 0 aliphatic carbocycles. The predicted molar refractivity (Wildman–Crippen MR) is 78.3 cm³/mol. The molecule has 132 valence electrons. The largest absolute Gasteiger partial charge is 0.461 e. The number of rotatable bonds is 6. The molecule has 0 N–H and O–H groups in total. The van der Waals surface area contributed by atoms with E-state index in [-0.39, 0.29) is 25.2 Å². The molecule has 4 atom stereocenters. The van der Waals surface area contributed by atoms with Gasteiger partial charge < -0.3 is 18.9 Å². The monoisotopic (exact) mass is 339 g/mol. The van der Waals surface area contributed by atoms with Crippen molar-refractivity contribution in [1.29, 1.82) is 5.26 Å². The van der Waals surface area contributed by atoms with E-state index in [1.54, 1.807) is 13.8 Å². The van der Waals surface area contributed by atoms with Crippen molar-refractivity contribution in [2.75, 3.05) is 6.61 Å². The highest BCUT2D eigenvalue weighted by atomic mass is 16.8. The van der Waals surface area contributed by atoms with Crippen molar-refractivity contribution in [3.8, 4) is 6.07 Å². The number of carbonyl (C=O) groups is 3. The Balaban J connectivity index is 2.00. The highest BCUT2D eigenvalue weighted by Crippen LogP contribution is 2.36. The number of carbonyl (C=O) groups excluding carboxylic acids is 3. The quantitative estimate of drug-likeness (QED) is 0.518. The maximum Gasteiger partial charge on any atom is 0.338 e. The number of hydrogen-bond donors (Lipinski definition) is 0.